The predicted octanol–water partition coefficient (Wildman–Crippen LogP) is 2.60. The van der Waals surface area contributed by atoms with Crippen molar-refractivity contribution in [1.29, 1.82) is 0 Å². The molecule has 0 spiro atoms. The minimum absolute atomic E-state index is 0.203. The quantitative estimate of drug-likeness (QED) is 0.905. The summed E-state index contributed by atoms with van der Waals surface area (Å²) in [7, 11) is 0. The molecule has 0 bridgehead atoms. The zero-order valence-corrected chi connectivity index (χ0v) is 14.1. The molecule has 2 saturated heterocycles. The maximum atomic E-state index is 10.7. The van der Waals surface area contributed by atoms with Gasteiger partial charge >= 0.3 is 0 Å². The van der Waals surface area contributed by atoms with E-state index >= 15 is 0 Å². The minimum Gasteiger partial charge on any atom is -0.390 e. The molecule has 0 amide bonds. The van der Waals surface area contributed by atoms with Crippen LogP contribution in [0.1, 0.15) is 31.7 Å². The molecule has 116 valence electrons. The molecule has 2 aliphatic rings. The minimum atomic E-state index is -0.610. The molecule has 1 aromatic rings. The largest absolute Gasteiger partial charge is 0.390 e. The number of ether oxygens (including phenoxy) is 1. The summed E-state index contributed by atoms with van der Waals surface area (Å²) in [5.41, 5.74) is 0.605. The van der Waals surface area contributed by atoms with E-state index < -0.39 is 5.60 Å². The Balaban J connectivity index is 1.73. The van der Waals surface area contributed by atoms with Gasteiger partial charge in [0.2, 0.25) is 0 Å². The van der Waals surface area contributed by atoms with Gasteiger partial charge in [0, 0.05) is 42.0 Å². The van der Waals surface area contributed by atoms with Gasteiger partial charge in [0.25, 0.3) is 0 Å². The number of pyridine rings is 1. The lowest BCUT2D eigenvalue weighted by atomic mass is 9.79. The molecule has 21 heavy (non-hydrogen) atoms. The molecule has 2 aliphatic heterocycles. The van der Waals surface area contributed by atoms with Crippen molar-refractivity contribution in [3.63, 3.8) is 0 Å². The summed E-state index contributed by atoms with van der Waals surface area (Å²) in [5, 5.41) is 10.7. The van der Waals surface area contributed by atoms with E-state index in [2.05, 4.69) is 31.9 Å². The summed E-state index contributed by atoms with van der Waals surface area (Å²) in [4.78, 5) is 6.73. The highest BCUT2D eigenvalue weighted by Gasteiger charge is 2.43. The number of rotatable bonds is 3. The predicted molar refractivity (Wildman–Crippen MR) is 84.9 cm³/mol. The Morgan fingerprint density at radius 1 is 1.52 bits per heavy atom. The smallest absolute Gasteiger partial charge is 0.0706 e. The molecular weight excluding hydrogens is 332 g/mol. The molecule has 0 radical (unpaired) electrons. The van der Waals surface area contributed by atoms with Gasteiger partial charge in [0.1, 0.15) is 0 Å². The van der Waals surface area contributed by atoms with Crippen molar-refractivity contribution in [1.82, 2.24) is 9.88 Å². The Kier molecular flexibility index (Phi) is 4.64. The van der Waals surface area contributed by atoms with Crippen LogP contribution in [-0.2, 0) is 11.3 Å². The van der Waals surface area contributed by atoms with E-state index in [-0.39, 0.29) is 5.92 Å². The first-order chi connectivity index (χ1) is 10.1. The van der Waals surface area contributed by atoms with Gasteiger partial charge in [-0.2, -0.15) is 0 Å². The third-order valence-corrected chi connectivity index (χ3v) is 5.31. The number of likely N-dealkylation sites (tertiary alicyclic amines) is 1. The Bertz CT molecular complexity index is 495. The number of nitrogens with zero attached hydrogens (tertiary/aromatic N) is 2. The lowest BCUT2D eigenvalue weighted by Crippen LogP contribution is -2.52. The Morgan fingerprint density at radius 3 is 3.14 bits per heavy atom. The Labute approximate surface area is 134 Å². The van der Waals surface area contributed by atoms with Crippen LogP contribution in [0.4, 0.5) is 0 Å². The van der Waals surface area contributed by atoms with Crippen LogP contribution in [-0.4, -0.2) is 46.4 Å². The zero-order chi connectivity index (χ0) is 14.9. The molecule has 4 nitrogen and oxygen atoms in total. The molecule has 1 N–H and O–H groups in total. The number of halogens is 1. The van der Waals surface area contributed by atoms with Crippen LogP contribution in [0, 0.1) is 5.92 Å². The van der Waals surface area contributed by atoms with Crippen LogP contribution in [0.25, 0.3) is 0 Å². The molecular formula is C16H23BrN2O2. The fourth-order valence-electron chi connectivity index (χ4n) is 3.66. The van der Waals surface area contributed by atoms with Gasteiger partial charge < -0.3 is 9.84 Å². The first-order valence-corrected chi connectivity index (χ1v) is 8.49. The van der Waals surface area contributed by atoms with Crippen LogP contribution in [0.15, 0.2) is 22.9 Å². The lowest BCUT2D eigenvalue weighted by Gasteiger charge is -2.43. The van der Waals surface area contributed by atoms with Gasteiger partial charge in [-0.1, -0.05) is 0 Å². The average molecular weight is 355 g/mol. The summed E-state index contributed by atoms with van der Waals surface area (Å²) in [6, 6.07) is 2.53. The SMILES string of the molecule is CC1(O)CCOCC1C1CCCN1Cc1cncc(Br)c1. The number of hydrogen-bond donors (Lipinski definition) is 1. The van der Waals surface area contributed by atoms with Crippen molar-refractivity contribution in [3.05, 3.63) is 28.5 Å². The molecule has 5 heteroatoms. The standard InChI is InChI=1S/C16H23BrN2O2/c1-16(20)4-6-21-11-14(16)15-3-2-5-19(15)10-12-7-13(17)9-18-8-12/h7-9,14-15,20H,2-6,10-11H2,1H3. The molecule has 0 aromatic carbocycles. The second-order valence-electron chi connectivity index (χ2n) is 6.48. The molecule has 1 aromatic heterocycles. The molecule has 3 heterocycles. The topological polar surface area (TPSA) is 45.6 Å². The summed E-state index contributed by atoms with van der Waals surface area (Å²) >= 11 is 3.48. The van der Waals surface area contributed by atoms with Gasteiger partial charge in [-0.25, -0.2) is 0 Å². The first-order valence-electron chi connectivity index (χ1n) is 7.70. The van der Waals surface area contributed by atoms with Crippen LogP contribution in [0.5, 0.6) is 0 Å². The van der Waals surface area contributed by atoms with Crippen LogP contribution in [0.3, 0.4) is 0 Å². The summed E-state index contributed by atoms with van der Waals surface area (Å²) in [6.07, 6.45) is 6.81. The monoisotopic (exact) mass is 354 g/mol. The normalized spacial score (nSPS) is 34.2. The van der Waals surface area contributed by atoms with Gasteiger partial charge in [0.15, 0.2) is 0 Å². The van der Waals surface area contributed by atoms with Gasteiger partial charge in [0.05, 0.1) is 12.2 Å². The third-order valence-electron chi connectivity index (χ3n) is 4.87. The Hall–Kier alpha value is -0.490. The fourth-order valence-corrected chi connectivity index (χ4v) is 4.07. The van der Waals surface area contributed by atoms with Gasteiger partial charge in [-0.15, -0.1) is 0 Å². The summed E-state index contributed by atoms with van der Waals surface area (Å²) in [5.74, 6) is 0.203. The summed E-state index contributed by atoms with van der Waals surface area (Å²) < 4.78 is 6.66. The fraction of sp³-hybridized carbons (Fsp3) is 0.688. The second kappa shape index (κ2) is 6.32. The zero-order valence-electron chi connectivity index (χ0n) is 12.5. The van der Waals surface area contributed by atoms with E-state index in [9.17, 15) is 5.11 Å². The van der Waals surface area contributed by atoms with Crippen LogP contribution in [0.2, 0.25) is 0 Å². The summed E-state index contributed by atoms with van der Waals surface area (Å²) in [6.45, 7) is 5.29. The molecule has 2 fully saturated rings. The maximum absolute atomic E-state index is 10.7. The van der Waals surface area contributed by atoms with Crippen molar-refractivity contribution < 1.29 is 9.84 Å². The highest BCUT2D eigenvalue weighted by Crippen LogP contribution is 2.36. The lowest BCUT2D eigenvalue weighted by molar-refractivity contribution is -0.123. The van der Waals surface area contributed by atoms with E-state index in [1.807, 2.05) is 19.3 Å². The highest BCUT2D eigenvalue weighted by molar-refractivity contribution is 9.10. The van der Waals surface area contributed by atoms with E-state index in [1.165, 1.54) is 12.0 Å². The Morgan fingerprint density at radius 2 is 2.38 bits per heavy atom. The van der Waals surface area contributed by atoms with Gasteiger partial charge in [-0.3, -0.25) is 9.88 Å². The van der Waals surface area contributed by atoms with Crippen molar-refractivity contribution >= 4 is 15.9 Å². The third kappa shape index (κ3) is 3.47. The molecule has 3 rings (SSSR count). The van der Waals surface area contributed by atoms with E-state index in [1.54, 1.807) is 0 Å². The van der Waals surface area contributed by atoms with Crippen LogP contribution < -0.4 is 0 Å². The van der Waals surface area contributed by atoms with Gasteiger partial charge in [-0.05, 0) is 60.3 Å². The second-order valence-corrected chi connectivity index (χ2v) is 7.40. The molecule has 0 saturated carbocycles. The van der Waals surface area contributed by atoms with Crippen molar-refractivity contribution in [2.75, 3.05) is 19.8 Å². The number of aromatic nitrogens is 1. The van der Waals surface area contributed by atoms with Crippen molar-refractivity contribution in [3.8, 4) is 0 Å². The van der Waals surface area contributed by atoms with E-state index in [0.29, 0.717) is 19.3 Å². The first kappa shape index (κ1) is 15.4. The molecule has 3 unspecified atom stereocenters. The number of hydrogen-bond acceptors (Lipinski definition) is 4. The van der Waals surface area contributed by atoms with Crippen LogP contribution >= 0.6 is 15.9 Å². The molecule has 3 atom stereocenters. The van der Waals surface area contributed by atoms with Crippen molar-refractivity contribution in [2.24, 2.45) is 5.92 Å². The molecule has 0 aliphatic carbocycles. The van der Waals surface area contributed by atoms with E-state index in [4.69, 9.17) is 4.74 Å². The van der Waals surface area contributed by atoms with Crippen molar-refractivity contribution in [2.45, 2.75) is 44.4 Å². The average Bonchev–Trinajstić information content (AvgIpc) is 2.86. The maximum Gasteiger partial charge on any atom is 0.0706 e. The van der Waals surface area contributed by atoms with E-state index in [0.717, 1.165) is 30.4 Å². The number of aliphatic hydroxyl groups is 1. The highest BCUT2D eigenvalue weighted by atomic mass is 79.9.